The number of nitrogens with one attached hydrogen (secondary N) is 1. The first-order chi connectivity index (χ1) is 12.5. The lowest BCUT2D eigenvalue weighted by Gasteiger charge is -2.21. The monoisotopic (exact) mass is 411 g/mol. The molecule has 2 aromatic rings. The van der Waals surface area contributed by atoms with E-state index in [-0.39, 0.29) is 11.2 Å². The minimum Gasteiger partial charge on any atom is -0.381 e. The first kappa shape index (κ1) is 19.4. The van der Waals surface area contributed by atoms with Gasteiger partial charge >= 0.3 is 0 Å². The minimum absolute atomic E-state index is 0.176. The zero-order chi connectivity index (χ0) is 18.5. The lowest BCUT2D eigenvalue weighted by atomic mass is 10.2. The van der Waals surface area contributed by atoms with Gasteiger partial charge in [0.15, 0.2) is 0 Å². The van der Waals surface area contributed by atoms with Gasteiger partial charge in [-0.2, -0.15) is 0 Å². The third kappa shape index (κ3) is 5.07. The molecule has 138 valence electrons. The molecule has 3 rings (SSSR count). The van der Waals surface area contributed by atoms with E-state index in [0.717, 1.165) is 18.4 Å². The second-order valence-corrected chi connectivity index (χ2v) is 8.68. The number of ether oxygens (including phenoxy) is 1. The van der Waals surface area contributed by atoms with Crippen molar-refractivity contribution < 1.29 is 13.7 Å². The molecule has 0 bridgehead atoms. The lowest BCUT2D eigenvalue weighted by molar-refractivity contribution is 0.0991. The maximum absolute atomic E-state index is 12.5. The molecular formula is C19H19Cl2NO3S. The molecule has 2 aromatic carbocycles. The number of rotatable bonds is 5. The molecular weight excluding hydrogens is 393 g/mol. The highest BCUT2D eigenvalue weighted by atomic mass is 35.5. The zero-order valence-electron chi connectivity index (χ0n) is 14.0. The van der Waals surface area contributed by atoms with Gasteiger partial charge in [0.25, 0.3) is 5.91 Å². The van der Waals surface area contributed by atoms with Gasteiger partial charge in [-0.05, 0) is 48.7 Å². The van der Waals surface area contributed by atoms with Crippen LogP contribution < -0.4 is 5.32 Å². The average Bonchev–Trinajstić information content (AvgIpc) is 2.62. The van der Waals surface area contributed by atoms with Crippen LogP contribution in [-0.2, 0) is 21.3 Å². The third-order valence-electron chi connectivity index (χ3n) is 4.21. The van der Waals surface area contributed by atoms with E-state index in [1.54, 1.807) is 18.2 Å². The Bertz CT molecular complexity index is 822. The fourth-order valence-corrected chi connectivity index (χ4v) is 4.79. The van der Waals surface area contributed by atoms with Crippen LogP contribution in [0.4, 0.5) is 5.69 Å². The van der Waals surface area contributed by atoms with Crippen molar-refractivity contribution in [2.45, 2.75) is 23.8 Å². The smallest absolute Gasteiger partial charge is 0.257 e. The van der Waals surface area contributed by atoms with Gasteiger partial charge in [0.05, 0.1) is 10.6 Å². The van der Waals surface area contributed by atoms with Crippen molar-refractivity contribution >= 4 is 45.6 Å². The molecule has 7 heteroatoms. The molecule has 1 aliphatic heterocycles. The number of carbonyl (C=O) groups is 1. The fraction of sp³-hybridized carbons (Fsp3) is 0.316. The van der Waals surface area contributed by atoms with E-state index in [2.05, 4.69) is 5.32 Å². The molecule has 1 aliphatic rings. The van der Waals surface area contributed by atoms with Gasteiger partial charge < -0.3 is 10.1 Å². The van der Waals surface area contributed by atoms with Crippen molar-refractivity contribution in [3.63, 3.8) is 0 Å². The predicted octanol–water partition coefficient (Wildman–Crippen LogP) is 4.67. The fourth-order valence-electron chi connectivity index (χ4n) is 2.83. The highest BCUT2D eigenvalue weighted by Gasteiger charge is 2.20. The van der Waals surface area contributed by atoms with E-state index in [0.29, 0.717) is 40.3 Å². The number of carbonyl (C=O) groups excluding carboxylic acids is 1. The van der Waals surface area contributed by atoms with E-state index in [1.165, 1.54) is 6.07 Å². The topological polar surface area (TPSA) is 55.4 Å². The summed E-state index contributed by atoms with van der Waals surface area (Å²) in [5.41, 5.74) is 1.92. The van der Waals surface area contributed by atoms with Crippen molar-refractivity contribution in [1.82, 2.24) is 0 Å². The summed E-state index contributed by atoms with van der Waals surface area (Å²) in [6.07, 6.45) is 1.66. The van der Waals surface area contributed by atoms with Crippen molar-refractivity contribution in [2.24, 2.45) is 0 Å². The van der Waals surface area contributed by atoms with Crippen LogP contribution in [0.15, 0.2) is 42.5 Å². The number of halogens is 2. The van der Waals surface area contributed by atoms with Crippen LogP contribution in [0.25, 0.3) is 0 Å². The van der Waals surface area contributed by atoms with Crippen LogP contribution in [0.5, 0.6) is 0 Å². The van der Waals surface area contributed by atoms with Gasteiger partial charge in [0.2, 0.25) is 0 Å². The van der Waals surface area contributed by atoms with Crippen molar-refractivity contribution in [1.29, 1.82) is 0 Å². The summed E-state index contributed by atoms with van der Waals surface area (Å²) in [6, 6.07) is 12.1. The summed E-state index contributed by atoms with van der Waals surface area (Å²) in [7, 11) is -0.949. The third-order valence-corrected chi connectivity index (χ3v) is 6.59. The molecule has 1 unspecified atom stereocenters. The zero-order valence-corrected chi connectivity index (χ0v) is 16.4. The molecule has 0 spiro atoms. The van der Waals surface area contributed by atoms with Crippen molar-refractivity contribution in [3.8, 4) is 0 Å². The number of amides is 1. The summed E-state index contributed by atoms with van der Waals surface area (Å²) in [6.45, 7) is 1.35. The van der Waals surface area contributed by atoms with Gasteiger partial charge in [0, 0.05) is 45.7 Å². The predicted molar refractivity (Wildman–Crippen MR) is 107 cm³/mol. The van der Waals surface area contributed by atoms with E-state index in [1.807, 2.05) is 18.2 Å². The summed E-state index contributed by atoms with van der Waals surface area (Å²) < 4.78 is 17.9. The highest BCUT2D eigenvalue weighted by Crippen LogP contribution is 2.23. The Balaban J connectivity index is 1.67. The summed E-state index contributed by atoms with van der Waals surface area (Å²) in [4.78, 5) is 12.4. The maximum atomic E-state index is 12.5. The first-order valence-electron chi connectivity index (χ1n) is 8.33. The number of hydrogen-bond acceptors (Lipinski definition) is 3. The molecule has 1 N–H and O–H groups in total. The molecule has 4 nitrogen and oxygen atoms in total. The molecule has 1 atom stereocenters. The van der Waals surface area contributed by atoms with Crippen molar-refractivity contribution in [2.75, 3.05) is 18.5 Å². The van der Waals surface area contributed by atoms with Crippen LogP contribution in [0.3, 0.4) is 0 Å². The van der Waals surface area contributed by atoms with Crippen LogP contribution in [-0.4, -0.2) is 28.6 Å². The Kier molecular flexibility index (Phi) is 6.70. The van der Waals surface area contributed by atoms with Gasteiger partial charge in [-0.1, -0.05) is 35.3 Å². The number of hydrogen-bond donors (Lipinski definition) is 1. The molecule has 1 amide bonds. The summed E-state index contributed by atoms with van der Waals surface area (Å²) in [5, 5.41) is 3.78. The largest absolute Gasteiger partial charge is 0.381 e. The standard InChI is InChI=1S/C19H19Cl2NO3S/c20-14-4-5-17(18(21)11-14)19(23)22-15-3-1-2-13(10-15)12-26(24)16-6-8-25-9-7-16/h1-5,10-11,16H,6-9,12H2,(H,22,23). The van der Waals surface area contributed by atoms with E-state index < -0.39 is 10.8 Å². The lowest BCUT2D eigenvalue weighted by Crippen LogP contribution is -2.25. The Hall–Kier alpha value is -1.40. The molecule has 0 radical (unpaired) electrons. The van der Waals surface area contributed by atoms with Gasteiger partial charge in [-0.3, -0.25) is 9.00 Å². The van der Waals surface area contributed by atoms with Crippen LogP contribution in [0, 0.1) is 0 Å². The highest BCUT2D eigenvalue weighted by molar-refractivity contribution is 7.84. The molecule has 0 aromatic heterocycles. The Morgan fingerprint density at radius 3 is 2.65 bits per heavy atom. The second-order valence-electron chi connectivity index (χ2n) is 6.12. The minimum atomic E-state index is -0.949. The summed E-state index contributed by atoms with van der Waals surface area (Å²) >= 11 is 11.9. The van der Waals surface area contributed by atoms with Crippen LogP contribution in [0.1, 0.15) is 28.8 Å². The Morgan fingerprint density at radius 2 is 1.92 bits per heavy atom. The molecule has 0 aliphatic carbocycles. The number of anilines is 1. The quantitative estimate of drug-likeness (QED) is 0.777. The molecule has 1 saturated heterocycles. The molecule has 0 saturated carbocycles. The van der Waals surface area contributed by atoms with Crippen LogP contribution in [0.2, 0.25) is 10.0 Å². The van der Waals surface area contributed by atoms with E-state index >= 15 is 0 Å². The van der Waals surface area contributed by atoms with Crippen LogP contribution >= 0.6 is 23.2 Å². The molecule has 1 fully saturated rings. The van der Waals surface area contributed by atoms with E-state index in [9.17, 15) is 9.00 Å². The second kappa shape index (κ2) is 9.00. The number of benzene rings is 2. The van der Waals surface area contributed by atoms with Gasteiger partial charge in [0.1, 0.15) is 0 Å². The molecule has 26 heavy (non-hydrogen) atoms. The average molecular weight is 412 g/mol. The van der Waals surface area contributed by atoms with E-state index in [4.69, 9.17) is 27.9 Å². The maximum Gasteiger partial charge on any atom is 0.257 e. The Morgan fingerprint density at radius 1 is 1.15 bits per heavy atom. The SMILES string of the molecule is O=C(Nc1cccc(CS(=O)C2CCOCC2)c1)c1ccc(Cl)cc1Cl. The van der Waals surface area contributed by atoms with Crippen molar-refractivity contribution in [3.05, 3.63) is 63.6 Å². The van der Waals surface area contributed by atoms with Gasteiger partial charge in [-0.25, -0.2) is 0 Å². The first-order valence-corrected chi connectivity index (χ1v) is 10.5. The molecule has 1 heterocycles. The van der Waals surface area contributed by atoms with Gasteiger partial charge in [-0.15, -0.1) is 0 Å². The Labute approximate surface area is 165 Å². The summed E-state index contributed by atoms with van der Waals surface area (Å²) in [5.74, 6) is 0.158. The normalized spacial score (nSPS) is 16.2.